The van der Waals surface area contributed by atoms with Gasteiger partial charge in [-0.05, 0) is 46.6 Å². The number of pyridine rings is 1. The molecule has 0 aliphatic carbocycles. The van der Waals surface area contributed by atoms with Crippen LogP contribution < -0.4 is 10.1 Å². The molecule has 0 atom stereocenters. The van der Waals surface area contributed by atoms with Crippen LogP contribution in [0.25, 0.3) is 0 Å². The highest BCUT2D eigenvalue weighted by Crippen LogP contribution is 2.30. The van der Waals surface area contributed by atoms with Crippen molar-refractivity contribution in [2.45, 2.75) is 19.9 Å². The molecule has 0 bridgehead atoms. The summed E-state index contributed by atoms with van der Waals surface area (Å²) in [7, 11) is 0. The summed E-state index contributed by atoms with van der Waals surface area (Å²) >= 11 is 9.42. The third-order valence-corrected chi connectivity index (χ3v) is 3.76. The quantitative estimate of drug-likeness (QED) is 0.729. The van der Waals surface area contributed by atoms with Crippen molar-refractivity contribution in [3.05, 3.63) is 51.3 Å². The summed E-state index contributed by atoms with van der Waals surface area (Å²) in [5, 5.41) is 3.84. The number of rotatable bonds is 6. The normalized spacial score (nSPS) is 10.7. The lowest BCUT2D eigenvalue weighted by Gasteiger charge is -2.10. The molecule has 0 unspecified atom stereocenters. The maximum Gasteiger partial charge on any atom is 0.219 e. The SMILES string of the molecule is CCCNCc1cc(Oc2cc(F)ccc2Br)ncc1Cl. The highest BCUT2D eigenvalue weighted by molar-refractivity contribution is 9.10. The molecule has 1 aromatic heterocycles. The molecule has 1 N–H and O–H groups in total. The van der Waals surface area contributed by atoms with Gasteiger partial charge in [0.25, 0.3) is 0 Å². The zero-order valence-corrected chi connectivity index (χ0v) is 13.8. The van der Waals surface area contributed by atoms with E-state index in [-0.39, 0.29) is 5.82 Å². The summed E-state index contributed by atoms with van der Waals surface area (Å²) < 4.78 is 19.5. The second-order valence-electron chi connectivity index (χ2n) is 4.47. The zero-order chi connectivity index (χ0) is 15.2. The van der Waals surface area contributed by atoms with E-state index in [2.05, 4.69) is 33.2 Å². The topological polar surface area (TPSA) is 34.1 Å². The molecule has 1 heterocycles. The lowest BCUT2D eigenvalue weighted by molar-refractivity contribution is 0.454. The first-order valence-electron chi connectivity index (χ1n) is 6.58. The third kappa shape index (κ3) is 4.66. The molecule has 21 heavy (non-hydrogen) atoms. The molecular formula is C15H15BrClFN2O. The molecule has 1 aromatic carbocycles. The van der Waals surface area contributed by atoms with Gasteiger partial charge < -0.3 is 10.1 Å². The third-order valence-electron chi connectivity index (χ3n) is 2.76. The van der Waals surface area contributed by atoms with Gasteiger partial charge >= 0.3 is 0 Å². The summed E-state index contributed by atoms with van der Waals surface area (Å²) in [6.07, 6.45) is 2.58. The van der Waals surface area contributed by atoms with Crippen LogP contribution in [0.3, 0.4) is 0 Å². The van der Waals surface area contributed by atoms with Gasteiger partial charge in [0, 0.05) is 24.9 Å². The fourth-order valence-corrected chi connectivity index (χ4v) is 2.22. The molecular weight excluding hydrogens is 359 g/mol. The maximum atomic E-state index is 13.2. The Labute approximate surface area is 136 Å². The molecule has 0 spiro atoms. The predicted molar refractivity (Wildman–Crippen MR) is 85.4 cm³/mol. The van der Waals surface area contributed by atoms with E-state index in [1.54, 1.807) is 12.1 Å². The monoisotopic (exact) mass is 372 g/mol. The Morgan fingerprint density at radius 1 is 1.38 bits per heavy atom. The van der Waals surface area contributed by atoms with E-state index in [0.29, 0.717) is 27.7 Å². The predicted octanol–water partition coefficient (Wildman–Crippen LogP) is 4.93. The van der Waals surface area contributed by atoms with Crippen LogP contribution in [0.15, 0.2) is 34.9 Å². The van der Waals surface area contributed by atoms with Gasteiger partial charge in [0.1, 0.15) is 11.6 Å². The Morgan fingerprint density at radius 2 is 2.19 bits per heavy atom. The molecule has 3 nitrogen and oxygen atoms in total. The van der Waals surface area contributed by atoms with E-state index in [9.17, 15) is 4.39 Å². The van der Waals surface area contributed by atoms with E-state index in [0.717, 1.165) is 18.5 Å². The second kappa shape index (κ2) is 7.73. The molecule has 0 fully saturated rings. The lowest BCUT2D eigenvalue weighted by Crippen LogP contribution is -2.14. The first kappa shape index (κ1) is 16.2. The van der Waals surface area contributed by atoms with Gasteiger partial charge in [0.15, 0.2) is 0 Å². The van der Waals surface area contributed by atoms with Gasteiger partial charge in [-0.25, -0.2) is 9.37 Å². The highest BCUT2D eigenvalue weighted by Gasteiger charge is 2.08. The van der Waals surface area contributed by atoms with Crippen LogP contribution >= 0.6 is 27.5 Å². The van der Waals surface area contributed by atoms with Crippen LogP contribution in [0.2, 0.25) is 5.02 Å². The number of nitrogens with one attached hydrogen (secondary N) is 1. The van der Waals surface area contributed by atoms with Crippen LogP contribution in [-0.4, -0.2) is 11.5 Å². The van der Waals surface area contributed by atoms with Crippen LogP contribution in [0.1, 0.15) is 18.9 Å². The van der Waals surface area contributed by atoms with Gasteiger partial charge in [0.2, 0.25) is 5.88 Å². The van der Waals surface area contributed by atoms with Crippen molar-refractivity contribution in [1.29, 1.82) is 0 Å². The van der Waals surface area contributed by atoms with E-state index in [4.69, 9.17) is 16.3 Å². The summed E-state index contributed by atoms with van der Waals surface area (Å²) in [6.45, 7) is 3.64. The number of benzene rings is 1. The van der Waals surface area contributed by atoms with Gasteiger partial charge in [0.05, 0.1) is 9.50 Å². The molecule has 2 rings (SSSR count). The molecule has 0 saturated heterocycles. The molecule has 112 valence electrons. The number of nitrogens with zero attached hydrogens (tertiary/aromatic N) is 1. The highest BCUT2D eigenvalue weighted by atomic mass is 79.9. The summed E-state index contributed by atoms with van der Waals surface area (Å²) in [5.74, 6) is 0.378. The Balaban J connectivity index is 2.16. The fourth-order valence-electron chi connectivity index (χ4n) is 1.72. The van der Waals surface area contributed by atoms with E-state index in [1.165, 1.54) is 18.3 Å². The van der Waals surface area contributed by atoms with E-state index < -0.39 is 0 Å². The van der Waals surface area contributed by atoms with Crippen molar-refractivity contribution in [3.63, 3.8) is 0 Å². The molecule has 0 radical (unpaired) electrons. The Hall–Kier alpha value is -1.17. The Kier molecular flexibility index (Phi) is 5.96. The summed E-state index contributed by atoms with van der Waals surface area (Å²) in [4.78, 5) is 4.11. The standard InChI is InChI=1S/C15H15BrClFN2O/c1-2-5-19-8-10-6-15(20-9-13(10)17)21-14-7-11(18)3-4-12(14)16/h3-4,6-7,9,19H,2,5,8H2,1H3. The van der Waals surface area contributed by atoms with Gasteiger partial charge in [-0.3, -0.25) is 0 Å². The molecule has 0 aliphatic heterocycles. The average molecular weight is 374 g/mol. The van der Waals surface area contributed by atoms with E-state index >= 15 is 0 Å². The molecule has 2 aromatic rings. The van der Waals surface area contributed by atoms with Crippen LogP contribution in [0.4, 0.5) is 4.39 Å². The number of hydrogen-bond donors (Lipinski definition) is 1. The van der Waals surface area contributed by atoms with Crippen LogP contribution in [0, 0.1) is 5.82 Å². The summed E-state index contributed by atoms with van der Waals surface area (Å²) in [6, 6.07) is 5.99. The smallest absolute Gasteiger partial charge is 0.219 e. The van der Waals surface area contributed by atoms with Crippen molar-refractivity contribution in [1.82, 2.24) is 10.3 Å². The Bertz CT molecular complexity index is 625. The average Bonchev–Trinajstić information content (AvgIpc) is 2.46. The molecule has 0 aliphatic rings. The largest absolute Gasteiger partial charge is 0.438 e. The van der Waals surface area contributed by atoms with Crippen molar-refractivity contribution < 1.29 is 9.13 Å². The second-order valence-corrected chi connectivity index (χ2v) is 5.73. The number of hydrogen-bond acceptors (Lipinski definition) is 3. The minimum absolute atomic E-state index is 0.369. The van der Waals surface area contributed by atoms with Gasteiger partial charge in [-0.15, -0.1) is 0 Å². The Morgan fingerprint density at radius 3 is 2.95 bits per heavy atom. The number of aromatic nitrogens is 1. The van der Waals surface area contributed by atoms with E-state index in [1.807, 2.05) is 0 Å². The minimum atomic E-state index is -0.369. The first-order chi connectivity index (χ1) is 10.1. The van der Waals surface area contributed by atoms with Crippen molar-refractivity contribution in [2.75, 3.05) is 6.54 Å². The fraction of sp³-hybridized carbons (Fsp3) is 0.267. The maximum absolute atomic E-state index is 13.2. The van der Waals surface area contributed by atoms with Crippen molar-refractivity contribution >= 4 is 27.5 Å². The van der Waals surface area contributed by atoms with Crippen molar-refractivity contribution in [2.24, 2.45) is 0 Å². The minimum Gasteiger partial charge on any atom is -0.438 e. The molecule has 6 heteroatoms. The van der Waals surface area contributed by atoms with Crippen molar-refractivity contribution in [3.8, 4) is 11.6 Å². The summed E-state index contributed by atoms with van der Waals surface area (Å²) in [5.41, 5.74) is 0.891. The first-order valence-corrected chi connectivity index (χ1v) is 7.75. The molecule has 0 amide bonds. The van der Waals surface area contributed by atoms with Crippen LogP contribution in [0.5, 0.6) is 11.6 Å². The van der Waals surface area contributed by atoms with Crippen LogP contribution in [-0.2, 0) is 6.54 Å². The van der Waals surface area contributed by atoms with Gasteiger partial charge in [-0.1, -0.05) is 18.5 Å². The number of ether oxygens (including phenoxy) is 1. The zero-order valence-electron chi connectivity index (χ0n) is 11.5. The lowest BCUT2D eigenvalue weighted by atomic mass is 10.2. The van der Waals surface area contributed by atoms with Gasteiger partial charge in [-0.2, -0.15) is 0 Å². The number of halogens is 3. The molecule has 0 saturated carbocycles.